The van der Waals surface area contributed by atoms with Crippen LogP contribution in [0, 0.1) is 0 Å². The van der Waals surface area contributed by atoms with Crippen LogP contribution in [-0.2, 0) is 11.3 Å². The number of fused-ring (bicyclic) bond motifs is 1. The zero-order valence-electron chi connectivity index (χ0n) is 11.0. The number of carbonyl (C=O) groups is 1. The summed E-state index contributed by atoms with van der Waals surface area (Å²) < 4.78 is 6.35. The lowest BCUT2D eigenvalue weighted by Crippen LogP contribution is -2.09. The van der Waals surface area contributed by atoms with Crippen molar-refractivity contribution in [3.63, 3.8) is 0 Å². The fourth-order valence-electron chi connectivity index (χ4n) is 1.72. The van der Waals surface area contributed by atoms with Crippen molar-refractivity contribution in [3.8, 4) is 0 Å². The van der Waals surface area contributed by atoms with Gasteiger partial charge in [-0.15, -0.1) is 10.2 Å². The molecular weight excluding hydrogens is 298 g/mol. The first kappa shape index (κ1) is 13.4. The average molecular weight is 308 g/mol. The molecule has 3 rings (SSSR count). The molecular formula is C11H10ClN7O2. The van der Waals surface area contributed by atoms with E-state index < -0.39 is 5.97 Å². The Kier molecular flexibility index (Phi) is 3.48. The van der Waals surface area contributed by atoms with Crippen LogP contribution in [0.5, 0.6) is 0 Å². The molecule has 0 fully saturated rings. The molecule has 0 aliphatic carbocycles. The second kappa shape index (κ2) is 5.44. The third-order valence-corrected chi connectivity index (χ3v) is 2.75. The van der Waals surface area contributed by atoms with Gasteiger partial charge >= 0.3 is 5.97 Å². The Labute approximate surface area is 123 Å². The number of aromatic nitrogens is 7. The molecule has 0 saturated heterocycles. The highest BCUT2D eigenvalue weighted by Gasteiger charge is 2.14. The maximum atomic E-state index is 11.4. The van der Waals surface area contributed by atoms with E-state index >= 15 is 0 Å². The number of hydrogen-bond donors (Lipinski definition) is 0. The Bertz CT molecular complexity index is 797. The van der Waals surface area contributed by atoms with Crippen LogP contribution in [0.3, 0.4) is 0 Å². The molecule has 10 heteroatoms. The minimum Gasteiger partial charge on any atom is -0.460 e. The van der Waals surface area contributed by atoms with Crippen molar-refractivity contribution in [2.24, 2.45) is 0 Å². The van der Waals surface area contributed by atoms with Gasteiger partial charge in [-0.05, 0) is 24.3 Å². The predicted octanol–water partition coefficient (Wildman–Crippen LogP) is 0.594. The van der Waals surface area contributed by atoms with Gasteiger partial charge in [0.15, 0.2) is 5.65 Å². The molecule has 3 aromatic heterocycles. The number of halogens is 1. The Morgan fingerprint density at radius 2 is 2.24 bits per heavy atom. The lowest BCUT2D eigenvalue weighted by Gasteiger charge is -1.94. The van der Waals surface area contributed by atoms with Crippen molar-refractivity contribution in [3.05, 3.63) is 35.0 Å². The first-order valence-corrected chi connectivity index (χ1v) is 6.49. The Hall–Kier alpha value is -2.55. The molecule has 0 amide bonds. The Morgan fingerprint density at radius 3 is 3.05 bits per heavy atom. The highest BCUT2D eigenvalue weighted by atomic mass is 35.5. The van der Waals surface area contributed by atoms with E-state index in [0.717, 1.165) is 0 Å². The molecule has 0 N–H and O–H groups in total. The number of nitrogens with zero attached hydrogens (tertiary/aromatic N) is 7. The molecule has 0 radical (unpaired) electrons. The molecule has 0 atom stereocenters. The highest BCUT2D eigenvalue weighted by Crippen LogP contribution is 2.08. The van der Waals surface area contributed by atoms with Crippen molar-refractivity contribution >= 4 is 23.2 Å². The van der Waals surface area contributed by atoms with E-state index in [1.165, 1.54) is 4.80 Å². The van der Waals surface area contributed by atoms with Crippen LogP contribution in [0.1, 0.15) is 23.2 Å². The van der Waals surface area contributed by atoms with Crippen molar-refractivity contribution in [2.45, 2.75) is 13.5 Å². The van der Waals surface area contributed by atoms with E-state index in [0.29, 0.717) is 16.5 Å². The zero-order chi connectivity index (χ0) is 14.8. The fraction of sp³-hybridized carbons (Fsp3) is 0.273. The fourth-order valence-corrected chi connectivity index (χ4v) is 1.86. The third-order valence-electron chi connectivity index (χ3n) is 2.55. The zero-order valence-corrected chi connectivity index (χ0v) is 11.7. The predicted molar refractivity (Wildman–Crippen MR) is 70.9 cm³/mol. The third kappa shape index (κ3) is 2.82. The van der Waals surface area contributed by atoms with Gasteiger partial charge in [-0.3, -0.25) is 0 Å². The Balaban J connectivity index is 1.80. The number of rotatable bonds is 4. The van der Waals surface area contributed by atoms with Crippen LogP contribution in [0.25, 0.3) is 5.65 Å². The van der Waals surface area contributed by atoms with Crippen LogP contribution < -0.4 is 0 Å². The lowest BCUT2D eigenvalue weighted by molar-refractivity contribution is 0.0511. The van der Waals surface area contributed by atoms with Crippen LogP contribution in [0.4, 0.5) is 0 Å². The summed E-state index contributed by atoms with van der Waals surface area (Å²) in [6, 6.07) is 3.40. The van der Waals surface area contributed by atoms with Crippen molar-refractivity contribution in [2.75, 3.05) is 6.61 Å². The van der Waals surface area contributed by atoms with Gasteiger partial charge in [0.2, 0.25) is 0 Å². The van der Waals surface area contributed by atoms with Crippen molar-refractivity contribution in [1.82, 2.24) is 34.8 Å². The summed E-state index contributed by atoms with van der Waals surface area (Å²) in [7, 11) is 0. The smallest absolute Gasteiger partial charge is 0.380 e. The van der Waals surface area contributed by atoms with Gasteiger partial charge in [0.25, 0.3) is 5.82 Å². The number of hydrogen-bond acceptors (Lipinski definition) is 7. The van der Waals surface area contributed by atoms with Gasteiger partial charge in [0.05, 0.1) is 18.5 Å². The summed E-state index contributed by atoms with van der Waals surface area (Å²) in [5, 5.41) is 15.8. The second-order valence-electron chi connectivity index (χ2n) is 4.05. The Morgan fingerprint density at radius 1 is 1.38 bits per heavy atom. The molecule has 0 aliphatic heterocycles. The van der Waals surface area contributed by atoms with E-state index in [1.807, 2.05) is 0 Å². The molecule has 0 bridgehead atoms. The standard InChI is InChI=1S/C11H10ClN7O2/c1-2-21-11(20)10-14-17-19(16-10)6-7-5-18-9(13-7)4-3-8(12)15-18/h3-5H,2,6H2,1H3. The number of carbonyl (C=O) groups excluding carboxylic acids is 1. The largest absolute Gasteiger partial charge is 0.460 e. The molecule has 0 aromatic carbocycles. The maximum absolute atomic E-state index is 11.4. The first-order chi connectivity index (χ1) is 10.2. The lowest BCUT2D eigenvalue weighted by atomic mass is 10.5. The van der Waals surface area contributed by atoms with E-state index in [4.69, 9.17) is 16.3 Å². The van der Waals surface area contributed by atoms with Crippen LogP contribution >= 0.6 is 11.6 Å². The molecule has 9 nitrogen and oxygen atoms in total. The van der Waals surface area contributed by atoms with E-state index in [-0.39, 0.29) is 19.0 Å². The topological polar surface area (TPSA) is 100 Å². The molecule has 3 heterocycles. The second-order valence-corrected chi connectivity index (χ2v) is 4.44. The molecule has 21 heavy (non-hydrogen) atoms. The molecule has 0 saturated carbocycles. The monoisotopic (exact) mass is 307 g/mol. The number of esters is 1. The number of tetrazole rings is 1. The first-order valence-electron chi connectivity index (χ1n) is 6.11. The number of imidazole rings is 1. The van der Waals surface area contributed by atoms with Crippen LogP contribution in [-0.4, -0.2) is 47.4 Å². The van der Waals surface area contributed by atoms with E-state index in [1.54, 1.807) is 29.8 Å². The average Bonchev–Trinajstić information content (AvgIpc) is 3.05. The maximum Gasteiger partial charge on any atom is 0.380 e. The minimum absolute atomic E-state index is 0.0817. The molecule has 0 aliphatic rings. The van der Waals surface area contributed by atoms with E-state index in [9.17, 15) is 4.79 Å². The van der Waals surface area contributed by atoms with Gasteiger partial charge < -0.3 is 4.74 Å². The van der Waals surface area contributed by atoms with Gasteiger partial charge in [0, 0.05) is 0 Å². The van der Waals surface area contributed by atoms with Crippen molar-refractivity contribution in [1.29, 1.82) is 0 Å². The van der Waals surface area contributed by atoms with Gasteiger partial charge in [-0.1, -0.05) is 11.6 Å². The van der Waals surface area contributed by atoms with Gasteiger partial charge in [-0.2, -0.15) is 9.90 Å². The van der Waals surface area contributed by atoms with Crippen LogP contribution in [0.2, 0.25) is 5.15 Å². The van der Waals surface area contributed by atoms with Crippen molar-refractivity contribution < 1.29 is 9.53 Å². The summed E-state index contributed by atoms with van der Waals surface area (Å²) in [6.07, 6.45) is 1.70. The molecule has 0 spiro atoms. The molecule has 0 unspecified atom stereocenters. The summed E-state index contributed by atoms with van der Waals surface area (Å²) in [4.78, 5) is 17.0. The quantitative estimate of drug-likeness (QED) is 0.650. The number of ether oxygens (including phenoxy) is 1. The summed E-state index contributed by atoms with van der Waals surface area (Å²) in [6.45, 7) is 2.22. The molecule has 108 valence electrons. The molecule has 3 aromatic rings. The normalized spacial score (nSPS) is 11.0. The van der Waals surface area contributed by atoms with E-state index in [2.05, 4.69) is 25.5 Å². The van der Waals surface area contributed by atoms with Gasteiger partial charge in [-0.25, -0.2) is 14.3 Å². The van der Waals surface area contributed by atoms with Gasteiger partial charge in [0.1, 0.15) is 11.7 Å². The summed E-state index contributed by atoms with van der Waals surface area (Å²) >= 11 is 5.80. The minimum atomic E-state index is -0.604. The summed E-state index contributed by atoms with van der Waals surface area (Å²) in [5.41, 5.74) is 1.32. The van der Waals surface area contributed by atoms with Crippen LogP contribution in [0.15, 0.2) is 18.3 Å². The SMILES string of the molecule is CCOC(=O)c1nnn(Cc2cn3nc(Cl)ccc3n2)n1. The summed E-state index contributed by atoms with van der Waals surface area (Å²) in [5.74, 6) is -0.686. The highest BCUT2D eigenvalue weighted by molar-refractivity contribution is 6.29.